The average Bonchev–Trinajstić information content (AvgIpc) is 3.05. The largest absolute Gasteiger partial charge is 0.483 e. The number of rotatable bonds is 7. The molecule has 0 aliphatic rings. The van der Waals surface area contributed by atoms with Gasteiger partial charge in [0, 0.05) is 7.05 Å². The maximum Gasteiger partial charge on any atom is 0.234 e. The highest BCUT2D eigenvalue weighted by molar-refractivity contribution is 7.99. The van der Waals surface area contributed by atoms with E-state index < -0.39 is 6.10 Å². The van der Waals surface area contributed by atoms with Crippen molar-refractivity contribution in [1.82, 2.24) is 14.8 Å². The number of halogens is 3. The summed E-state index contributed by atoms with van der Waals surface area (Å²) in [5, 5.41) is 12.2. The molecule has 10 heteroatoms. The van der Waals surface area contributed by atoms with E-state index in [4.69, 9.17) is 27.9 Å². The number of anilines is 1. The van der Waals surface area contributed by atoms with Gasteiger partial charge in [0.15, 0.2) is 17.1 Å². The number of nitrogens with zero attached hydrogens (tertiary/aromatic N) is 3. The van der Waals surface area contributed by atoms with Gasteiger partial charge in [-0.1, -0.05) is 41.0 Å². The Balaban J connectivity index is 1.60. The van der Waals surface area contributed by atoms with Crippen molar-refractivity contribution in [3.05, 3.63) is 64.2 Å². The maximum absolute atomic E-state index is 13.0. The number of carbonyl (C=O) groups excluding carboxylic acids is 1. The van der Waals surface area contributed by atoms with Gasteiger partial charge in [0.1, 0.15) is 11.6 Å². The van der Waals surface area contributed by atoms with Crippen molar-refractivity contribution in [3.63, 3.8) is 0 Å². The zero-order valence-electron chi connectivity index (χ0n) is 15.5. The Hall–Kier alpha value is -2.29. The molecule has 1 heterocycles. The summed E-state index contributed by atoms with van der Waals surface area (Å²) in [6.45, 7) is 1.81. The third-order valence-electron chi connectivity index (χ3n) is 3.92. The summed E-state index contributed by atoms with van der Waals surface area (Å²) >= 11 is 13.3. The van der Waals surface area contributed by atoms with E-state index in [1.165, 1.54) is 23.9 Å². The number of thioether (sulfide) groups is 1. The van der Waals surface area contributed by atoms with Crippen molar-refractivity contribution in [2.45, 2.75) is 18.2 Å². The van der Waals surface area contributed by atoms with E-state index in [0.29, 0.717) is 32.5 Å². The number of hydrogen-bond donors (Lipinski definition) is 1. The second-order valence-electron chi connectivity index (χ2n) is 6.05. The van der Waals surface area contributed by atoms with Crippen molar-refractivity contribution in [1.29, 1.82) is 0 Å². The molecule has 1 unspecified atom stereocenters. The predicted molar refractivity (Wildman–Crippen MR) is 112 cm³/mol. The molecule has 0 aliphatic carbocycles. The lowest BCUT2D eigenvalue weighted by Gasteiger charge is -2.14. The highest BCUT2D eigenvalue weighted by atomic mass is 35.5. The molecule has 0 bridgehead atoms. The minimum atomic E-state index is -0.414. The Kier molecular flexibility index (Phi) is 7.00. The van der Waals surface area contributed by atoms with Crippen LogP contribution in [0.1, 0.15) is 18.9 Å². The molecule has 1 N–H and O–H groups in total. The zero-order valence-corrected chi connectivity index (χ0v) is 17.9. The van der Waals surface area contributed by atoms with Crippen LogP contribution >= 0.6 is 35.0 Å². The lowest BCUT2D eigenvalue weighted by molar-refractivity contribution is -0.113. The Morgan fingerprint density at radius 3 is 2.52 bits per heavy atom. The van der Waals surface area contributed by atoms with Gasteiger partial charge in [-0.3, -0.25) is 4.79 Å². The molecule has 0 spiro atoms. The average molecular weight is 455 g/mol. The van der Waals surface area contributed by atoms with Gasteiger partial charge in [0.2, 0.25) is 5.91 Å². The summed E-state index contributed by atoms with van der Waals surface area (Å²) in [6, 6.07) is 10.7. The van der Waals surface area contributed by atoms with Crippen LogP contribution in [0.2, 0.25) is 10.0 Å². The first kappa shape index (κ1) is 21.4. The van der Waals surface area contributed by atoms with E-state index in [0.717, 1.165) is 0 Å². The van der Waals surface area contributed by atoms with E-state index in [9.17, 15) is 9.18 Å². The Labute approximate surface area is 181 Å². The Bertz CT molecular complexity index is 994. The second-order valence-corrected chi connectivity index (χ2v) is 7.80. The molecule has 1 amide bonds. The van der Waals surface area contributed by atoms with Crippen LogP contribution in [0.25, 0.3) is 0 Å². The third kappa shape index (κ3) is 5.41. The lowest BCUT2D eigenvalue weighted by Crippen LogP contribution is -2.15. The number of benzene rings is 2. The Morgan fingerprint density at radius 2 is 1.86 bits per heavy atom. The molecule has 2 aromatic carbocycles. The minimum Gasteiger partial charge on any atom is -0.483 e. The number of para-hydroxylation sites is 1. The molecule has 6 nitrogen and oxygen atoms in total. The van der Waals surface area contributed by atoms with Gasteiger partial charge >= 0.3 is 0 Å². The van der Waals surface area contributed by atoms with Crippen molar-refractivity contribution in [3.8, 4) is 5.75 Å². The summed E-state index contributed by atoms with van der Waals surface area (Å²) in [5.41, 5.74) is 0.376. The summed E-state index contributed by atoms with van der Waals surface area (Å²) in [5.74, 6) is 0.586. The molecular formula is C19H17Cl2FN4O2S. The molecule has 1 aromatic heterocycles. The van der Waals surface area contributed by atoms with Crippen LogP contribution in [-0.2, 0) is 11.8 Å². The molecule has 1 atom stereocenters. The fourth-order valence-electron chi connectivity index (χ4n) is 2.50. The number of amides is 1. The quantitative estimate of drug-likeness (QED) is 0.501. The summed E-state index contributed by atoms with van der Waals surface area (Å²) in [6.07, 6.45) is -0.414. The second kappa shape index (κ2) is 9.47. The topological polar surface area (TPSA) is 69.0 Å². The predicted octanol–water partition coefficient (Wildman–Crippen LogP) is 5.13. The van der Waals surface area contributed by atoms with Crippen molar-refractivity contribution in [2.24, 2.45) is 7.05 Å². The summed E-state index contributed by atoms with van der Waals surface area (Å²) in [4.78, 5) is 12.2. The van der Waals surface area contributed by atoms with Crippen LogP contribution in [0.5, 0.6) is 5.75 Å². The van der Waals surface area contributed by atoms with Gasteiger partial charge in [0.25, 0.3) is 0 Å². The SMILES string of the molecule is CC(Oc1ccc(F)cc1)c1nnc(SCC(=O)Nc2c(Cl)cccc2Cl)n1C. The Morgan fingerprint density at radius 1 is 1.21 bits per heavy atom. The standard InChI is InChI=1S/C19H17Cl2FN4O2S/c1-11(28-13-8-6-12(22)7-9-13)18-24-25-19(26(18)2)29-10-16(27)23-17-14(20)4-3-5-15(17)21/h3-9,11H,10H2,1-2H3,(H,23,27). The number of nitrogens with one attached hydrogen (secondary N) is 1. The smallest absolute Gasteiger partial charge is 0.234 e. The minimum absolute atomic E-state index is 0.0979. The molecule has 0 aliphatic heterocycles. The van der Waals surface area contributed by atoms with Gasteiger partial charge in [0.05, 0.1) is 21.5 Å². The van der Waals surface area contributed by atoms with Crippen LogP contribution in [0.15, 0.2) is 47.6 Å². The number of hydrogen-bond acceptors (Lipinski definition) is 5. The van der Waals surface area contributed by atoms with Crippen LogP contribution < -0.4 is 10.1 Å². The first-order valence-electron chi connectivity index (χ1n) is 8.53. The van der Waals surface area contributed by atoms with Gasteiger partial charge in [-0.15, -0.1) is 10.2 Å². The van der Waals surface area contributed by atoms with Gasteiger partial charge in [-0.05, 0) is 43.3 Å². The molecule has 3 aromatic rings. The fourth-order valence-corrected chi connectivity index (χ4v) is 3.71. The molecular weight excluding hydrogens is 438 g/mol. The summed E-state index contributed by atoms with van der Waals surface area (Å²) < 4.78 is 20.5. The molecule has 0 saturated carbocycles. The lowest BCUT2D eigenvalue weighted by atomic mass is 10.3. The van der Waals surface area contributed by atoms with Crippen LogP contribution in [-0.4, -0.2) is 26.4 Å². The first-order valence-corrected chi connectivity index (χ1v) is 10.3. The first-order chi connectivity index (χ1) is 13.8. The fraction of sp³-hybridized carbons (Fsp3) is 0.211. The van der Waals surface area contributed by atoms with E-state index in [-0.39, 0.29) is 17.5 Å². The van der Waals surface area contributed by atoms with E-state index in [1.807, 2.05) is 6.92 Å². The maximum atomic E-state index is 13.0. The molecule has 152 valence electrons. The number of ether oxygens (including phenoxy) is 1. The number of carbonyl (C=O) groups is 1. The zero-order chi connectivity index (χ0) is 21.0. The van der Waals surface area contributed by atoms with E-state index >= 15 is 0 Å². The van der Waals surface area contributed by atoms with Gasteiger partial charge < -0.3 is 14.6 Å². The molecule has 0 radical (unpaired) electrons. The number of aromatic nitrogens is 3. The van der Waals surface area contributed by atoms with Crippen molar-refractivity contribution in [2.75, 3.05) is 11.1 Å². The van der Waals surface area contributed by atoms with Crippen molar-refractivity contribution >= 4 is 46.6 Å². The molecule has 29 heavy (non-hydrogen) atoms. The van der Waals surface area contributed by atoms with Crippen LogP contribution in [0.3, 0.4) is 0 Å². The van der Waals surface area contributed by atoms with Crippen molar-refractivity contribution < 1.29 is 13.9 Å². The molecule has 0 fully saturated rings. The normalized spacial score (nSPS) is 11.9. The molecule has 3 rings (SSSR count). The monoisotopic (exact) mass is 454 g/mol. The van der Waals surface area contributed by atoms with Crippen LogP contribution in [0.4, 0.5) is 10.1 Å². The molecule has 0 saturated heterocycles. The highest BCUT2D eigenvalue weighted by Gasteiger charge is 2.18. The van der Waals surface area contributed by atoms with E-state index in [2.05, 4.69) is 15.5 Å². The summed E-state index contributed by atoms with van der Waals surface area (Å²) in [7, 11) is 1.78. The van der Waals surface area contributed by atoms with Gasteiger partial charge in [-0.25, -0.2) is 4.39 Å². The van der Waals surface area contributed by atoms with Gasteiger partial charge in [-0.2, -0.15) is 0 Å². The van der Waals surface area contributed by atoms with Crippen LogP contribution in [0, 0.1) is 5.82 Å². The highest BCUT2D eigenvalue weighted by Crippen LogP contribution is 2.30. The van der Waals surface area contributed by atoms with E-state index in [1.54, 1.807) is 41.9 Å². The third-order valence-corrected chi connectivity index (χ3v) is 5.57.